The average molecular weight is 303 g/mol. The summed E-state index contributed by atoms with van der Waals surface area (Å²) in [5.74, 6) is 0.374. The third-order valence-electron chi connectivity index (χ3n) is 4.56. The Morgan fingerprint density at radius 2 is 2.05 bits per heavy atom. The Morgan fingerprint density at radius 3 is 2.64 bits per heavy atom. The molecule has 0 radical (unpaired) electrons. The van der Waals surface area contributed by atoms with E-state index in [1.54, 1.807) is 6.07 Å². The first-order chi connectivity index (χ1) is 10.5. The molecule has 1 aromatic rings. The first kappa shape index (κ1) is 15.2. The molecule has 22 heavy (non-hydrogen) atoms. The van der Waals surface area contributed by atoms with Crippen LogP contribution in [0.3, 0.4) is 0 Å². The molecule has 2 N–H and O–H groups in total. The minimum atomic E-state index is -0.0288. The molecule has 1 atom stereocenters. The molecule has 1 aliphatic heterocycles. The van der Waals surface area contributed by atoms with Gasteiger partial charge in [0.25, 0.3) is 5.91 Å². The highest BCUT2D eigenvalue weighted by molar-refractivity contribution is 5.93. The molecule has 6 heteroatoms. The van der Waals surface area contributed by atoms with Crippen molar-refractivity contribution in [2.24, 2.45) is 0 Å². The van der Waals surface area contributed by atoms with Crippen LogP contribution in [0.15, 0.2) is 6.07 Å². The second-order valence-electron chi connectivity index (χ2n) is 6.76. The second kappa shape index (κ2) is 5.83. The molecule has 1 unspecified atom stereocenters. The third kappa shape index (κ3) is 3.06. The van der Waals surface area contributed by atoms with Gasteiger partial charge in [-0.25, -0.2) is 9.97 Å². The standard InChI is InChI=1S/C16H25N5O/c1-10(2)13-8-14(19-16(17)18-13)15(22)21-7-6-20(9-11(21)3)12-4-5-12/h8,10-12H,4-7,9H2,1-3H3,(H2,17,18,19). The van der Waals surface area contributed by atoms with Gasteiger partial charge in [-0.1, -0.05) is 13.8 Å². The second-order valence-corrected chi connectivity index (χ2v) is 6.76. The highest BCUT2D eigenvalue weighted by atomic mass is 16.2. The van der Waals surface area contributed by atoms with Crippen molar-refractivity contribution < 1.29 is 4.79 Å². The van der Waals surface area contributed by atoms with Crippen LogP contribution in [0.4, 0.5) is 5.95 Å². The van der Waals surface area contributed by atoms with Gasteiger partial charge in [-0.05, 0) is 31.7 Å². The molecule has 6 nitrogen and oxygen atoms in total. The van der Waals surface area contributed by atoms with Crippen LogP contribution in [-0.2, 0) is 0 Å². The summed E-state index contributed by atoms with van der Waals surface area (Å²) >= 11 is 0. The number of aromatic nitrogens is 2. The van der Waals surface area contributed by atoms with Gasteiger partial charge < -0.3 is 10.6 Å². The van der Waals surface area contributed by atoms with Gasteiger partial charge in [-0.15, -0.1) is 0 Å². The van der Waals surface area contributed by atoms with E-state index in [1.165, 1.54) is 12.8 Å². The Hall–Kier alpha value is -1.69. The molecule has 120 valence electrons. The summed E-state index contributed by atoms with van der Waals surface area (Å²) in [5.41, 5.74) is 7.01. The van der Waals surface area contributed by atoms with Gasteiger partial charge >= 0.3 is 0 Å². The maximum Gasteiger partial charge on any atom is 0.272 e. The fourth-order valence-electron chi connectivity index (χ4n) is 3.10. The number of hydrogen-bond acceptors (Lipinski definition) is 5. The molecular weight excluding hydrogens is 278 g/mol. The Kier molecular flexibility index (Phi) is 4.04. The lowest BCUT2D eigenvalue weighted by Gasteiger charge is -2.40. The number of nitrogens with zero attached hydrogens (tertiary/aromatic N) is 4. The number of nitrogen functional groups attached to an aromatic ring is 1. The lowest BCUT2D eigenvalue weighted by molar-refractivity contribution is 0.0468. The zero-order chi connectivity index (χ0) is 15.9. The molecule has 0 spiro atoms. The summed E-state index contributed by atoms with van der Waals surface area (Å²) in [7, 11) is 0. The van der Waals surface area contributed by atoms with E-state index in [2.05, 4.69) is 21.8 Å². The number of carbonyl (C=O) groups excluding carboxylic acids is 1. The predicted molar refractivity (Wildman–Crippen MR) is 85.6 cm³/mol. The lowest BCUT2D eigenvalue weighted by atomic mass is 10.1. The number of carbonyl (C=O) groups is 1. The highest BCUT2D eigenvalue weighted by Crippen LogP contribution is 2.29. The van der Waals surface area contributed by atoms with Crippen molar-refractivity contribution in [3.8, 4) is 0 Å². The first-order valence-corrected chi connectivity index (χ1v) is 8.15. The van der Waals surface area contributed by atoms with E-state index in [0.717, 1.165) is 31.4 Å². The predicted octanol–water partition coefficient (Wildman–Crippen LogP) is 1.49. The van der Waals surface area contributed by atoms with Crippen LogP contribution in [0.1, 0.15) is 55.7 Å². The smallest absolute Gasteiger partial charge is 0.272 e. The van der Waals surface area contributed by atoms with Crippen molar-refractivity contribution in [1.82, 2.24) is 19.8 Å². The molecule has 3 rings (SSSR count). The molecule has 1 saturated carbocycles. The third-order valence-corrected chi connectivity index (χ3v) is 4.56. The summed E-state index contributed by atoms with van der Waals surface area (Å²) in [6.07, 6.45) is 2.61. The van der Waals surface area contributed by atoms with Gasteiger partial charge in [0.2, 0.25) is 5.95 Å². The fourth-order valence-corrected chi connectivity index (χ4v) is 3.10. The molecule has 1 saturated heterocycles. The van der Waals surface area contributed by atoms with Crippen molar-refractivity contribution in [3.63, 3.8) is 0 Å². The SMILES string of the molecule is CC(C)c1cc(C(=O)N2CCN(C3CC3)CC2C)nc(N)n1. The van der Waals surface area contributed by atoms with Gasteiger partial charge in [-0.2, -0.15) is 0 Å². The van der Waals surface area contributed by atoms with Gasteiger partial charge in [0.15, 0.2) is 0 Å². The Labute approximate surface area is 131 Å². The Balaban J connectivity index is 1.76. The van der Waals surface area contributed by atoms with Crippen molar-refractivity contribution in [2.75, 3.05) is 25.4 Å². The highest BCUT2D eigenvalue weighted by Gasteiger charge is 2.36. The summed E-state index contributed by atoms with van der Waals surface area (Å²) in [6, 6.07) is 2.74. The summed E-state index contributed by atoms with van der Waals surface area (Å²) in [6.45, 7) is 8.85. The molecule has 2 heterocycles. The summed E-state index contributed by atoms with van der Waals surface area (Å²) in [5, 5.41) is 0. The molecule has 1 aliphatic carbocycles. The average Bonchev–Trinajstić information content (AvgIpc) is 3.30. The van der Waals surface area contributed by atoms with Crippen LogP contribution < -0.4 is 5.73 Å². The number of piperazine rings is 1. The van der Waals surface area contributed by atoms with Gasteiger partial charge in [0.05, 0.1) is 0 Å². The molecule has 2 aliphatic rings. The van der Waals surface area contributed by atoms with Crippen LogP contribution >= 0.6 is 0 Å². The lowest BCUT2D eigenvalue weighted by Crippen LogP contribution is -2.54. The largest absolute Gasteiger partial charge is 0.368 e. The van der Waals surface area contributed by atoms with Gasteiger partial charge in [-0.3, -0.25) is 9.69 Å². The van der Waals surface area contributed by atoms with Gasteiger partial charge in [0, 0.05) is 37.4 Å². The van der Waals surface area contributed by atoms with Crippen molar-refractivity contribution in [3.05, 3.63) is 17.5 Å². The maximum absolute atomic E-state index is 12.8. The topological polar surface area (TPSA) is 75.4 Å². The Morgan fingerprint density at radius 1 is 1.32 bits per heavy atom. The van der Waals surface area contributed by atoms with Crippen molar-refractivity contribution in [2.45, 2.75) is 51.6 Å². The quantitative estimate of drug-likeness (QED) is 0.915. The number of hydrogen-bond donors (Lipinski definition) is 1. The summed E-state index contributed by atoms with van der Waals surface area (Å²) in [4.78, 5) is 25.6. The molecule has 1 aromatic heterocycles. The number of amides is 1. The van der Waals surface area contributed by atoms with Crippen LogP contribution in [-0.4, -0.2) is 57.4 Å². The van der Waals surface area contributed by atoms with E-state index >= 15 is 0 Å². The first-order valence-electron chi connectivity index (χ1n) is 8.15. The van der Waals surface area contributed by atoms with Gasteiger partial charge in [0.1, 0.15) is 5.69 Å². The minimum absolute atomic E-state index is 0.0288. The minimum Gasteiger partial charge on any atom is -0.368 e. The van der Waals surface area contributed by atoms with Crippen LogP contribution in [0.25, 0.3) is 0 Å². The normalized spacial score (nSPS) is 23.1. The molecule has 1 amide bonds. The van der Waals surface area contributed by atoms with E-state index < -0.39 is 0 Å². The van der Waals surface area contributed by atoms with Crippen LogP contribution in [0, 0.1) is 0 Å². The van der Waals surface area contributed by atoms with E-state index in [4.69, 9.17) is 5.73 Å². The van der Waals surface area contributed by atoms with Crippen LogP contribution in [0.2, 0.25) is 0 Å². The van der Waals surface area contributed by atoms with E-state index in [-0.39, 0.29) is 23.8 Å². The maximum atomic E-state index is 12.8. The fraction of sp³-hybridized carbons (Fsp3) is 0.688. The van der Waals surface area contributed by atoms with Crippen molar-refractivity contribution >= 4 is 11.9 Å². The van der Waals surface area contributed by atoms with E-state index in [9.17, 15) is 4.79 Å². The van der Waals surface area contributed by atoms with E-state index in [0.29, 0.717) is 5.69 Å². The molecule has 0 aromatic carbocycles. The van der Waals surface area contributed by atoms with E-state index in [1.807, 2.05) is 18.7 Å². The Bertz CT molecular complexity index is 570. The zero-order valence-corrected chi connectivity index (χ0v) is 13.6. The molecule has 0 bridgehead atoms. The number of rotatable bonds is 3. The van der Waals surface area contributed by atoms with Crippen LogP contribution in [0.5, 0.6) is 0 Å². The molecule has 2 fully saturated rings. The summed E-state index contributed by atoms with van der Waals surface area (Å²) < 4.78 is 0. The molecular formula is C16H25N5O. The number of anilines is 1. The van der Waals surface area contributed by atoms with Crippen molar-refractivity contribution in [1.29, 1.82) is 0 Å². The zero-order valence-electron chi connectivity index (χ0n) is 13.6. The number of nitrogens with two attached hydrogens (primary N) is 1. The monoisotopic (exact) mass is 303 g/mol.